The van der Waals surface area contributed by atoms with Gasteiger partial charge in [-0.1, -0.05) is 30.3 Å². The number of ether oxygens (including phenoxy) is 2. The van der Waals surface area contributed by atoms with Gasteiger partial charge in [-0.05, 0) is 52.2 Å². The highest BCUT2D eigenvalue weighted by Gasteiger charge is 2.02. The van der Waals surface area contributed by atoms with Gasteiger partial charge in [0.05, 0.1) is 14.2 Å². The average molecular weight is 363 g/mol. The van der Waals surface area contributed by atoms with Crippen LogP contribution in [0.25, 0.3) is 10.8 Å². The van der Waals surface area contributed by atoms with Crippen molar-refractivity contribution < 1.29 is 9.47 Å². The van der Waals surface area contributed by atoms with E-state index in [1.807, 2.05) is 36.4 Å². The summed E-state index contributed by atoms with van der Waals surface area (Å²) in [6, 6.07) is 20.5. The Morgan fingerprint density at radius 3 is 1.96 bits per heavy atom. The normalized spacial score (nSPS) is 11.3. The third-order valence-corrected chi connectivity index (χ3v) is 4.41. The van der Waals surface area contributed by atoms with Gasteiger partial charge in [0.25, 0.3) is 0 Å². The van der Waals surface area contributed by atoms with Crippen LogP contribution in [0.3, 0.4) is 0 Å². The molecule has 5 nitrogen and oxygen atoms in total. The van der Waals surface area contributed by atoms with Gasteiger partial charge < -0.3 is 20.1 Å². The molecular weight excluding hydrogens is 338 g/mol. The van der Waals surface area contributed by atoms with E-state index < -0.39 is 0 Å². The maximum atomic E-state index is 5.28. The van der Waals surface area contributed by atoms with Crippen molar-refractivity contribution in [1.82, 2.24) is 10.6 Å². The first-order valence-corrected chi connectivity index (χ1v) is 8.86. The lowest BCUT2D eigenvalue weighted by molar-refractivity contribution is 0.414. The standard InChI is InChI=1S/C22H25N3O2/c1-23-22(24-14-16-5-9-20(26-2)10-6-16)25-15-17-4-7-19-13-21(27-3)11-8-18(19)12-17/h4-13H,14-15H2,1-3H3,(H2,23,24,25). The lowest BCUT2D eigenvalue weighted by Gasteiger charge is -2.13. The van der Waals surface area contributed by atoms with Crippen molar-refractivity contribution in [3.8, 4) is 11.5 Å². The van der Waals surface area contributed by atoms with Crippen LogP contribution in [0, 0.1) is 0 Å². The van der Waals surface area contributed by atoms with Crippen LogP contribution in [0.15, 0.2) is 65.7 Å². The number of hydrogen-bond acceptors (Lipinski definition) is 3. The summed E-state index contributed by atoms with van der Waals surface area (Å²) in [7, 11) is 5.13. The Labute approximate surface area is 160 Å². The summed E-state index contributed by atoms with van der Waals surface area (Å²) in [5.41, 5.74) is 2.36. The fourth-order valence-corrected chi connectivity index (χ4v) is 2.85. The van der Waals surface area contributed by atoms with Gasteiger partial charge in [0.15, 0.2) is 5.96 Å². The quantitative estimate of drug-likeness (QED) is 0.518. The number of nitrogens with zero attached hydrogens (tertiary/aromatic N) is 1. The Morgan fingerprint density at radius 2 is 1.30 bits per heavy atom. The van der Waals surface area contributed by atoms with Crippen molar-refractivity contribution >= 4 is 16.7 Å². The molecule has 3 rings (SSSR count). The van der Waals surface area contributed by atoms with Crippen LogP contribution in [0.4, 0.5) is 0 Å². The lowest BCUT2D eigenvalue weighted by atomic mass is 10.1. The van der Waals surface area contributed by atoms with Crippen LogP contribution >= 0.6 is 0 Å². The predicted octanol–water partition coefficient (Wildman–Crippen LogP) is 3.72. The summed E-state index contributed by atoms with van der Waals surface area (Å²) in [6.45, 7) is 1.39. The third kappa shape index (κ3) is 4.91. The van der Waals surface area contributed by atoms with E-state index in [-0.39, 0.29) is 0 Å². The van der Waals surface area contributed by atoms with Crippen LogP contribution in [-0.2, 0) is 13.1 Å². The molecule has 2 N–H and O–H groups in total. The summed E-state index contributed by atoms with van der Waals surface area (Å²) in [4.78, 5) is 4.29. The molecule has 3 aromatic carbocycles. The number of nitrogens with one attached hydrogen (secondary N) is 2. The fraction of sp³-hybridized carbons (Fsp3) is 0.227. The summed E-state index contributed by atoms with van der Waals surface area (Å²) in [6.07, 6.45) is 0. The molecule has 0 atom stereocenters. The Morgan fingerprint density at radius 1 is 0.741 bits per heavy atom. The van der Waals surface area contributed by atoms with Crippen molar-refractivity contribution in [2.24, 2.45) is 4.99 Å². The highest BCUT2D eigenvalue weighted by Crippen LogP contribution is 2.21. The molecule has 0 bridgehead atoms. The SMILES string of the molecule is CN=C(NCc1ccc(OC)cc1)NCc1ccc2cc(OC)ccc2c1. The van der Waals surface area contributed by atoms with E-state index in [1.54, 1.807) is 21.3 Å². The van der Waals surface area contributed by atoms with Gasteiger partial charge in [0.1, 0.15) is 11.5 Å². The molecule has 0 radical (unpaired) electrons. The summed E-state index contributed by atoms with van der Waals surface area (Å²) < 4.78 is 10.5. The number of benzene rings is 3. The van der Waals surface area contributed by atoms with Crippen LogP contribution in [0.1, 0.15) is 11.1 Å². The second-order valence-electron chi connectivity index (χ2n) is 6.17. The largest absolute Gasteiger partial charge is 0.497 e. The monoisotopic (exact) mass is 363 g/mol. The molecule has 0 saturated heterocycles. The van der Waals surface area contributed by atoms with Gasteiger partial charge in [0.2, 0.25) is 0 Å². The van der Waals surface area contributed by atoms with Crippen LogP contribution in [0.5, 0.6) is 11.5 Å². The minimum atomic E-state index is 0.696. The summed E-state index contributed by atoms with van der Waals surface area (Å²) >= 11 is 0. The minimum Gasteiger partial charge on any atom is -0.497 e. The number of hydrogen-bond donors (Lipinski definition) is 2. The number of guanidine groups is 1. The number of methoxy groups -OCH3 is 2. The van der Waals surface area contributed by atoms with Crippen LogP contribution in [-0.4, -0.2) is 27.2 Å². The molecular formula is C22H25N3O2. The van der Waals surface area contributed by atoms with E-state index in [4.69, 9.17) is 9.47 Å². The number of aliphatic imine (C=N–C) groups is 1. The van der Waals surface area contributed by atoms with Crippen molar-refractivity contribution in [3.63, 3.8) is 0 Å². The van der Waals surface area contributed by atoms with E-state index in [2.05, 4.69) is 39.9 Å². The third-order valence-electron chi connectivity index (χ3n) is 4.41. The smallest absolute Gasteiger partial charge is 0.191 e. The van der Waals surface area contributed by atoms with Gasteiger partial charge in [0, 0.05) is 20.1 Å². The summed E-state index contributed by atoms with van der Waals surface area (Å²) in [5.74, 6) is 2.49. The molecule has 5 heteroatoms. The van der Waals surface area contributed by atoms with Crippen molar-refractivity contribution in [2.75, 3.05) is 21.3 Å². The predicted molar refractivity (Wildman–Crippen MR) is 111 cm³/mol. The Balaban J connectivity index is 1.57. The van der Waals surface area contributed by atoms with E-state index in [9.17, 15) is 0 Å². The Kier molecular flexibility index (Phi) is 6.15. The molecule has 0 saturated carbocycles. The van der Waals surface area contributed by atoms with E-state index in [1.165, 1.54) is 21.9 Å². The molecule has 0 spiro atoms. The molecule has 0 aliphatic carbocycles. The molecule has 0 unspecified atom stereocenters. The molecule has 0 aliphatic heterocycles. The zero-order valence-electron chi connectivity index (χ0n) is 16.0. The zero-order valence-corrected chi connectivity index (χ0v) is 16.0. The molecule has 0 aliphatic rings. The van der Waals surface area contributed by atoms with Crippen LogP contribution < -0.4 is 20.1 Å². The van der Waals surface area contributed by atoms with Gasteiger partial charge in [-0.2, -0.15) is 0 Å². The highest BCUT2D eigenvalue weighted by atomic mass is 16.5. The second kappa shape index (κ2) is 8.94. The Hall–Kier alpha value is -3.21. The van der Waals surface area contributed by atoms with Gasteiger partial charge in [-0.3, -0.25) is 4.99 Å². The number of rotatable bonds is 6. The molecule has 0 aromatic heterocycles. The fourth-order valence-electron chi connectivity index (χ4n) is 2.85. The van der Waals surface area contributed by atoms with Crippen molar-refractivity contribution in [1.29, 1.82) is 0 Å². The lowest BCUT2D eigenvalue weighted by Crippen LogP contribution is -2.36. The molecule has 0 amide bonds. The van der Waals surface area contributed by atoms with E-state index in [0.717, 1.165) is 17.5 Å². The molecule has 140 valence electrons. The Bertz CT molecular complexity index is 920. The van der Waals surface area contributed by atoms with Gasteiger partial charge in [-0.15, -0.1) is 0 Å². The van der Waals surface area contributed by atoms with Gasteiger partial charge in [-0.25, -0.2) is 0 Å². The van der Waals surface area contributed by atoms with Crippen LogP contribution in [0.2, 0.25) is 0 Å². The second-order valence-corrected chi connectivity index (χ2v) is 6.17. The molecule has 0 fully saturated rings. The first-order valence-electron chi connectivity index (χ1n) is 8.86. The molecule has 3 aromatic rings. The zero-order chi connectivity index (χ0) is 19.1. The molecule has 0 heterocycles. The van der Waals surface area contributed by atoms with E-state index in [0.29, 0.717) is 13.1 Å². The first-order chi connectivity index (χ1) is 13.2. The van der Waals surface area contributed by atoms with Crippen molar-refractivity contribution in [3.05, 3.63) is 71.8 Å². The maximum absolute atomic E-state index is 5.28. The summed E-state index contributed by atoms with van der Waals surface area (Å²) in [5, 5.41) is 9.04. The highest BCUT2D eigenvalue weighted by molar-refractivity contribution is 5.85. The number of fused-ring (bicyclic) bond motifs is 1. The topological polar surface area (TPSA) is 54.9 Å². The van der Waals surface area contributed by atoms with E-state index >= 15 is 0 Å². The first kappa shape index (κ1) is 18.6. The molecule has 27 heavy (non-hydrogen) atoms. The van der Waals surface area contributed by atoms with Crippen molar-refractivity contribution in [2.45, 2.75) is 13.1 Å². The van der Waals surface area contributed by atoms with Gasteiger partial charge >= 0.3 is 0 Å². The minimum absolute atomic E-state index is 0.696. The maximum Gasteiger partial charge on any atom is 0.191 e. The average Bonchev–Trinajstić information content (AvgIpc) is 2.73.